The lowest BCUT2D eigenvalue weighted by Crippen LogP contribution is -2.31. The van der Waals surface area contributed by atoms with E-state index in [1.54, 1.807) is 0 Å². The zero-order valence-electron chi connectivity index (χ0n) is 19.5. The summed E-state index contributed by atoms with van der Waals surface area (Å²) in [4.78, 5) is 7.07. The summed E-state index contributed by atoms with van der Waals surface area (Å²) < 4.78 is 5.91. The molecule has 1 fully saturated rings. The molecule has 0 spiro atoms. The van der Waals surface area contributed by atoms with Crippen LogP contribution in [-0.4, -0.2) is 70.3 Å². The molecule has 0 aromatic heterocycles. The minimum atomic E-state index is 0.838. The zero-order chi connectivity index (χ0) is 20.8. The molecule has 0 N–H and O–H groups in total. The van der Waals surface area contributed by atoms with E-state index < -0.39 is 0 Å². The number of piperidine rings is 1. The Balaban J connectivity index is 0.000000422. The fraction of sp³-hybridized carbons (Fsp3) is 0.750. The Morgan fingerprint density at radius 3 is 2.36 bits per heavy atom. The highest BCUT2D eigenvalue weighted by atomic mass is 16.5. The average Bonchev–Trinajstić information content (AvgIpc) is 3.08. The van der Waals surface area contributed by atoms with Crippen LogP contribution in [0.3, 0.4) is 0 Å². The Morgan fingerprint density at radius 2 is 1.75 bits per heavy atom. The molecule has 0 saturated carbocycles. The number of hydrogen-bond acceptors (Lipinski definition) is 4. The molecule has 3 rings (SSSR count). The third kappa shape index (κ3) is 9.29. The van der Waals surface area contributed by atoms with E-state index in [2.05, 4.69) is 61.0 Å². The van der Waals surface area contributed by atoms with Crippen LogP contribution in [0.2, 0.25) is 0 Å². The predicted molar refractivity (Wildman–Crippen MR) is 124 cm³/mol. The van der Waals surface area contributed by atoms with Crippen molar-refractivity contribution in [2.24, 2.45) is 0 Å². The number of hydrogen-bond donors (Lipinski definition) is 0. The topological polar surface area (TPSA) is 19.0 Å². The number of nitrogens with zero attached hydrogens (tertiary/aromatic N) is 3. The number of fused-ring (bicyclic) bond motifs is 1. The van der Waals surface area contributed by atoms with Crippen LogP contribution in [0.4, 0.5) is 5.69 Å². The molecule has 1 aromatic rings. The Kier molecular flexibility index (Phi) is 13.0. The van der Waals surface area contributed by atoms with Crippen molar-refractivity contribution in [1.82, 2.24) is 9.80 Å². The quantitative estimate of drug-likeness (QED) is 0.614. The smallest absolute Gasteiger partial charge is 0.119 e. The van der Waals surface area contributed by atoms with Crippen molar-refractivity contribution in [2.75, 3.05) is 65.4 Å². The maximum Gasteiger partial charge on any atom is 0.119 e. The van der Waals surface area contributed by atoms with E-state index >= 15 is 0 Å². The Hall–Kier alpha value is -1.26. The average molecular weight is 392 g/mol. The summed E-state index contributed by atoms with van der Waals surface area (Å²) in [5, 5.41) is 0. The van der Waals surface area contributed by atoms with Crippen LogP contribution in [0, 0.1) is 0 Å². The van der Waals surface area contributed by atoms with Gasteiger partial charge in [0.2, 0.25) is 0 Å². The normalized spacial score (nSPS) is 16.0. The highest BCUT2D eigenvalue weighted by Gasteiger charge is 2.15. The molecule has 2 aliphatic heterocycles. The maximum absolute atomic E-state index is 5.91. The molecule has 1 aromatic carbocycles. The van der Waals surface area contributed by atoms with E-state index in [4.69, 9.17) is 4.74 Å². The second kappa shape index (κ2) is 14.7. The van der Waals surface area contributed by atoms with E-state index in [-0.39, 0.29) is 0 Å². The van der Waals surface area contributed by atoms with Crippen LogP contribution in [0.15, 0.2) is 18.2 Å². The van der Waals surface area contributed by atoms with Crippen molar-refractivity contribution in [3.63, 3.8) is 0 Å². The van der Waals surface area contributed by atoms with E-state index in [1.807, 2.05) is 13.8 Å². The molecule has 1 saturated heterocycles. The molecule has 0 bridgehead atoms. The second-order valence-corrected chi connectivity index (χ2v) is 7.87. The molecule has 4 heteroatoms. The maximum atomic E-state index is 5.91. The highest BCUT2D eigenvalue weighted by molar-refractivity contribution is 5.59. The minimum Gasteiger partial charge on any atom is -0.494 e. The first-order valence-electron chi connectivity index (χ1n) is 11.4. The van der Waals surface area contributed by atoms with Gasteiger partial charge in [-0.1, -0.05) is 27.2 Å². The van der Waals surface area contributed by atoms with Crippen molar-refractivity contribution < 1.29 is 4.74 Å². The Bertz CT molecular complexity index is 513. The van der Waals surface area contributed by atoms with E-state index in [1.165, 1.54) is 63.1 Å². The number of likely N-dealkylation sites (N-methyl/N-ethyl adjacent to an activating group) is 1. The van der Waals surface area contributed by atoms with Gasteiger partial charge in [0.05, 0.1) is 6.61 Å². The first kappa shape index (κ1) is 24.8. The van der Waals surface area contributed by atoms with Gasteiger partial charge in [0.15, 0.2) is 0 Å². The van der Waals surface area contributed by atoms with Gasteiger partial charge in [-0.05, 0) is 89.6 Å². The molecule has 0 radical (unpaired) electrons. The summed E-state index contributed by atoms with van der Waals surface area (Å²) in [7, 11) is 6.33. The molecular weight excluding hydrogens is 346 g/mol. The van der Waals surface area contributed by atoms with E-state index in [9.17, 15) is 0 Å². The van der Waals surface area contributed by atoms with Crippen molar-refractivity contribution in [1.29, 1.82) is 0 Å². The summed E-state index contributed by atoms with van der Waals surface area (Å²) in [5.74, 6) is 1.04. The van der Waals surface area contributed by atoms with Crippen LogP contribution >= 0.6 is 0 Å². The lowest BCUT2D eigenvalue weighted by atomic mass is 10.1. The van der Waals surface area contributed by atoms with Crippen LogP contribution in [0.1, 0.15) is 58.4 Å². The van der Waals surface area contributed by atoms with Gasteiger partial charge < -0.3 is 19.4 Å². The van der Waals surface area contributed by atoms with Gasteiger partial charge in [0.25, 0.3) is 0 Å². The number of benzene rings is 1. The molecule has 162 valence electrons. The zero-order valence-corrected chi connectivity index (χ0v) is 19.5. The monoisotopic (exact) mass is 391 g/mol. The summed E-state index contributed by atoms with van der Waals surface area (Å²) in [6.45, 7) is 13.1. The third-order valence-corrected chi connectivity index (χ3v) is 5.19. The van der Waals surface area contributed by atoms with Gasteiger partial charge in [-0.25, -0.2) is 0 Å². The lowest BCUT2D eigenvalue weighted by molar-refractivity contribution is 0.205. The predicted octanol–water partition coefficient (Wildman–Crippen LogP) is 4.92. The fourth-order valence-electron chi connectivity index (χ4n) is 3.74. The van der Waals surface area contributed by atoms with Crippen LogP contribution in [0.25, 0.3) is 0 Å². The number of likely N-dealkylation sites (tertiary alicyclic amines) is 1. The molecule has 4 nitrogen and oxygen atoms in total. The van der Waals surface area contributed by atoms with Gasteiger partial charge in [0, 0.05) is 25.8 Å². The number of rotatable bonds is 7. The Morgan fingerprint density at radius 1 is 1.04 bits per heavy atom. The van der Waals surface area contributed by atoms with Crippen LogP contribution in [-0.2, 0) is 6.42 Å². The molecule has 28 heavy (non-hydrogen) atoms. The summed E-state index contributed by atoms with van der Waals surface area (Å²) in [5.41, 5.74) is 2.80. The molecule has 2 aliphatic rings. The molecule has 2 heterocycles. The van der Waals surface area contributed by atoms with E-state index in [0.717, 1.165) is 31.7 Å². The Labute approximate surface area is 174 Å². The first-order chi connectivity index (χ1) is 13.6. The summed E-state index contributed by atoms with van der Waals surface area (Å²) >= 11 is 0. The standard InChI is InChI=1S/C17H26N2O.C5H13N.C2H6/c1-18-12-8-15-14-16(6-7-17(15)18)20-13-5-11-19-9-3-2-4-10-19;1-4-5-6(2)3;1-2/h6-7,14H,2-5,8-13H2,1H3;4-5H2,1-3H3;1-2H3. The van der Waals surface area contributed by atoms with Gasteiger partial charge in [0.1, 0.15) is 5.75 Å². The third-order valence-electron chi connectivity index (χ3n) is 5.19. The largest absolute Gasteiger partial charge is 0.494 e. The molecule has 0 atom stereocenters. The first-order valence-corrected chi connectivity index (χ1v) is 11.4. The fourth-order valence-corrected chi connectivity index (χ4v) is 3.74. The van der Waals surface area contributed by atoms with Crippen molar-refractivity contribution in [3.8, 4) is 5.75 Å². The number of ether oxygens (including phenoxy) is 1. The minimum absolute atomic E-state index is 0.838. The molecule has 0 unspecified atom stereocenters. The van der Waals surface area contributed by atoms with Gasteiger partial charge in [-0.2, -0.15) is 0 Å². The van der Waals surface area contributed by atoms with E-state index in [0.29, 0.717) is 0 Å². The van der Waals surface area contributed by atoms with Crippen LogP contribution in [0.5, 0.6) is 5.75 Å². The van der Waals surface area contributed by atoms with Crippen LogP contribution < -0.4 is 9.64 Å². The SMILES string of the molecule is CC.CCCN(C)C.CN1CCc2cc(OCCCN3CCCCC3)ccc21. The number of anilines is 1. The van der Waals surface area contributed by atoms with Crippen molar-refractivity contribution in [2.45, 2.75) is 59.3 Å². The highest BCUT2D eigenvalue weighted by Crippen LogP contribution is 2.30. The van der Waals surface area contributed by atoms with Gasteiger partial charge in [-0.3, -0.25) is 0 Å². The molecule has 0 aliphatic carbocycles. The van der Waals surface area contributed by atoms with Gasteiger partial charge in [-0.15, -0.1) is 0 Å². The summed E-state index contributed by atoms with van der Waals surface area (Å²) in [6, 6.07) is 6.53. The molecule has 0 amide bonds. The van der Waals surface area contributed by atoms with Crippen molar-refractivity contribution >= 4 is 5.69 Å². The van der Waals surface area contributed by atoms with Gasteiger partial charge >= 0.3 is 0 Å². The van der Waals surface area contributed by atoms with Crippen molar-refractivity contribution in [3.05, 3.63) is 23.8 Å². The second-order valence-electron chi connectivity index (χ2n) is 7.87. The lowest BCUT2D eigenvalue weighted by Gasteiger charge is -2.26. The summed E-state index contributed by atoms with van der Waals surface area (Å²) in [6.07, 6.45) is 7.70. The molecular formula is C24H45N3O.